The second-order valence-electron chi connectivity index (χ2n) is 6.34. The lowest BCUT2D eigenvalue weighted by Crippen LogP contribution is -2.17. The molecule has 0 fully saturated rings. The smallest absolute Gasteiger partial charge is 0.345 e. The normalized spacial score (nSPS) is 10.9. The number of nitrogens with zero attached hydrogens (tertiary/aromatic N) is 2. The first-order valence-electron chi connectivity index (χ1n) is 8.95. The van der Waals surface area contributed by atoms with Gasteiger partial charge in [0.25, 0.3) is 15.7 Å². The summed E-state index contributed by atoms with van der Waals surface area (Å²) in [4.78, 5) is 32.9. The Morgan fingerprint density at radius 2 is 1.53 bits per heavy atom. The highest BCUT2D eigenvalue weighted by Crippen LogP contribution is 2.30. The van der Waals surface area contributed by atoms with Crippen LogP contribution in [-0.2, 0) is 21.4 Å². The molecule has 11 nitrogen and oxygen atoms in total. The highest BCUT2D eigenvalue weighted by atomic mass is 32.2. The van der Waals surface area contributed by atoms with Gasteiger partial charge in [-0.25, -0.2) is 13.2 Å². The van der Waals surface area contributed by atoms with Crippen LogP contribution in [0.5, 0.6) is 0 Å². The third kappa shape index (κ3) is 4.87. The Kier molecular flexibility index (Phi) is 6.45. The van der Waals surface area contributed by atoms with E-state index in [-0.39, 0.29) is 16.9 Å². The molecule has 1 N–H and O–H groups in total. The van der Waals surface area contributed by atoms with Gasteiger partial charge in [0.2, 0.25) is 0 Å². The van der Waals surface area contributed by atoms with Crippen LogP contribution in [0.2, 0.25) is 0 Å². The number of carbonyl (C=O) groups excluding carboxylic acids is 1. The summed E-state index contributed by atoms with van der Waals surface area (Å²) in [6, 6.07) is 16.4. The van der Waals surface area contributed by atoms with Gasteiger partial charge in [-0.05, 0) is 30.3 Å². The van der Waals surface area contributed by atoms with Gasteiger partial charge in [0.15, 0.2) is 4.90 Å². The van der Waals surface area contributed by atoms with Gasteiger partial charge in [-0.15, -0.1) is 0 Å². The minimum Gasteiger partial charge on any atom is -0.457 e. The van der Waals surface area contributed by atoms with E-state index in [1.807, 2.05) is 0 Å². The Morgan fingerprint density at radius 3 is 2.19 bits per heavy atom. The Bertz CT molecular complexity index is 1290. The topological polar surface area (TPSA) is 159 Å². The number of carbonyl (C=O) groups is 1. The van der Waals surface area contributed by atoms with Crippen LogP contribution in [0.3, 0.4) is 0 Å². The zero-order chi connectivity index (χ0) is 23.3. The highest BCUT2D eigenvalue weighted by molar-refractivity contribution is 7.92. The predicted octanol–water partition coefficient (Wildman–Crippen LogP) is 3.66. The maximum atomic E-state index is 12.8. The number of hydrogen-bond donors (Lipinski definition) is 1. The molecule has 3 aromatic rings. The Balaban J connectivity index is 1.93. The van der Waals surface area contributed by atoms with Gasteiger partial charge in [0.1, 0.15) is 12.2 Å². The van der Waals surface area contributed by atoms with Crippen molar-refractivity contribution >= 4 is 33.1 Å². The Hall–Kier alpha value is -4.32. The van der Waals surface area contributed by atoms with Crippen molar-refractivity contribution in [3.8, 4) is 0 Å². The fraction of sp³-hybridized carbons (Fsp3) is 0.0500. The summed E-state index contributed by atoms with van der Waals surface area (Å²) in [6.45, 7) is -0.535. The average molecular weight is 457 g/mol. The van der Waals surface area contributed by atoms with Crippen LogP contribution in [0.1, 0.15) is 15.9 Å². The number of esters is 1. The van der Waals surface area contributed by atoms with Gasteiger partial charge in [0, 0.05) is 11.8 Å². The van der Waals surface area contributed by atoms with E-state index in [9.17, 15) is 33.4 Å². The Labute approximate surface area is 181 Å². The number of rotatable bonds is 8. The number of anilines is 1. The largest absolute Gasteiger partial charge is 0.457 e. The van der Waals surface area contributed by atoms with E-state index in [0.717, 1.165) is 18.2 Å². The van der Waals surface area contributed by atoms with Crippen molar-refractivity contribution in [2.75, 3.05) is 4.72 Å². The van der Waals surface area contributed by atoms with E-state index in [0.29, 0.717) is 0 Å². The van der Waals surface area contributed by atoms with Gasteiger partial charge < -0.3 is 4.74 Å². The summed E-state index contributed by atoms with van der Waals surface area (Å²) in [5.41, 5.74) is -1.62. The first-order valence-corrected chi connectivity index (χ1v) is 10.4. The average Bonchev–Trinajstić information content (AvgIpc) is 2.77. The first kappa shape index (κ1) is 22.4. The lowest BCUT2D eigenvalue weighted by Gasteiger charge is -2.11. The second-order valence-corrected chi connectivity index (χ2v) is 7.99. The zero-order valence-corrected chi connectivity index (χ0v) is 17.0. The number of ether oxygens (including phenoxy) is 1. The van der Waals surface area contributed by atoms with Crippen LogP contribution in [0.25, 0.3) is 0 Å². The molecule has 0 saturated carbocycles. The Morgan fingerprint density at radius 1 is 0.875 bits per heavy atom. The maximum absolute atomic E-state index is 12.8. The predicted molar refractivity (Wildman–Crippen MR) is 113 cm³/mol. The van der Waals surface area contributed by atoms with E-state index >= 15 is 0 Å². The molecule has 164 valence electrons. The van der Waals surface area contributed by atoms with Crippen LogP contribution in [0, 0.1) is 20.2 Å². The van der Waals surface area contributed by atoms with Gasteiger partial charge in [-0.2, -0.15) is 0 Å². The molecule has 0 bridgehead atoms. The molecule has 0 aliphatic carbocycles. The molecule has 0 atom stereocenters. The maximum Gasteiger partial charge on any atom is 0.345 e. The number of nitro groups is 2. The fourth-order valence-electron chi connectivity index (χ4n) is 2.84. The summed E-state index contributed by atoms with van der Waals surface area (Å²) >= 11 is 0. The molecule has 32 heavy (non-hydrogen) atoms. The molecule has 0 radical (unpaired) electrons. The molecule has 3 aromatic carbocycles. The van der Waals surface area contributed by atoms with Crippen molar-refractivity contribution in [1.29, 1.82) is 0 Å². The minimum atomic E-state index is -4.42. The number of para-hydroxylation sites is 3. The van der Waals surface area contributed by atoms with Gasteiger partial charge in [-0.3, -0.25) is 25.0 Å². The van der Waals surface area contributed by atoms with Gasteiger partial charge in [0.05, 0.1) is 15.4 Å². The molecule has 0 heterocycles. The summed E-state index contributed by atoms with van der Waals surface area (Å²) in [5, 5.41) is 22.8. The standard InChI is InChI=1S/C20H15N3O8S/c24-20(31-13-14-7-4-5-11-17(14)22(25)26)16-10-6-12-18(19(16)23(27)28)32(29,30)21-15-8-2-1-3-9-15/h1-12,21H,13H2. The third-order valence-corrected chi connectivity index (χ3v) is 5.68. The molecule has 0 spiro atoms. The van der Waals surface area contributed by atoms with Crippen LogP contribution >= 0.6 is 0 Å². The van der Waals surface area contributed by atoms with Crippen LogP contribution < -0.4 is 4.72 Å². The number of benzene rings is 3. The van der Waals surface area contributed by atoms with Crippen molar-refractivity contribution in [2.24, 2.45) is 0 Å². The van der Waals surface area contributed by atoms with Crippen molar-refractivity contribution in [3.05, 3.63) is 104 Å². The number of nitro benzene ring substituents is 2. The molecular formula is C20H15N3O8S. The van der Waals surface area contributed by atoms with Gasteiger partial charge >= 0.3 is 11.7 Å². The summed E-state index contributed by atoms with van der Waals surface area (Å²) < 4.78 is 32.7. The van der Waals surface area contributed by atoms with Crippen molar-refractivity contribution in [2.45, 2.75) is 11.5 Å². The van der Waals surface area contributed by atoms with E-state index in [1.54, 1.807) is 18.2 Å². The molecule has 3 rings (SSSR count). The number of hydrogen-bond acceptors (Lipinski definition) is 8. The number of nitrogens with one attached hydrogen (secondary N) is 1. The summed E-state index contributed by atoms with van der Waals surface area (Å²) in [6.07, 6.45) is 0. The van der Waals surface area contributed by atoms with Gasteiger partial charge in [-0.1, -0.05) is 36.4 Å². The molecule has 0 unspecified atom stereocenters. The first-order chi connectivity index (χ1) is 15.2. The third-order valence-electron chi connectivity index (χ3n) is 4.26. The lowest BCUT2D eigenvalue weighted by atomic mass is 10.1. The molecule has 12 heteroatoms. The van der Waals surface area contributed by atoms with Crippen molar-refractivity contribution in [1.82, 2.24) is 0 Å². The van der Waals surface area contributed by atoms with Crippen LogP contribution in [-0.4, -0.2) is 24.2 Å². The van der Waals surface area contributed by atoms with Crippen LogP contribution in [0.15, 0.2) is 77.7 Å². The molecule has 0 saturated heterocycles. The summed E-state index contributed by atoms with van der Waals surface area (Å²) in [5.74, 6) is -1.20. The summed E-state index contributed by atoms with van der Waals surface area (Å²) in [7, 11) is -4.42. The van der Waals surface area contributed by atoms with Crippen molar-refractivity contribution in [3.63, 3.8) is 0 Å². The molecular weight excluding hydrogens is 442 g/mol. The highest BCUT2D eigenvalue weighted by Gasteiger charge is 2.32. The lowest BCUT2D eigenvalue weighted by molar-refractivity contribution is -0.388. The quantitative estimate of drug-likeness (QED) is 0.305. The van der Waals surface area contributed by atoms with E-state index < -0.39 is 48.6 Å². The monoisotopic (exact) mass is 457 g/mol. The van der Waals surface area contributed by atoms with E-state index in [2.05, 4.69) is 4.72 Å². The molecule has 0 aromatic heterocycles. The molecule has 0 aliphatic rings. The van der Waals surface area contributed by atoms with Crippen LogP contribution in [0.4, 0.5) is 17.1 Å². The van der Waals surface area contributed by atoms with Crippen molar-refractivity contribution < 1.29 is 27.8 Å². The zero-order valence-electron chi connectivity index (χ0n) is 16.2. The van der Waals surface area contributed by atoms with E-state index in [1.165, 1.54) is 36.4 Å². The van der Waals surface area contributed by atoms with E-state index in [4.69, 9.17) is 4.74 Å². The second kappa shape index (κ2) is 9.22. The fourth-order valence-corrected chi connectivity index (χ4v) is 4.09. The minimum absolute atomic E-state index is 0.0722. The molecule has 0 aliphatic heterocycles. The number of sulfonamides is 1. The SMILES string of the molecule is O=C(OCc1ccccc1[N+](=O)[O-])c1cccc(S(=O)(=O)Nc2ccccc2)c1[N+](=O)[O-]. The molecule has 0 amide bonds.